The van der Waals surface area contributed by atoms with Gasteiger partial charge in [-0.1, -0.05) is 18.2 Å². The topological polar surface area (TPSA) is 20.2 Å². The van der Waals surface area contributed by atoms with Gasteiger partial charge in [0.2, 0.25) is 0 Å². The zero-order valence-electron chi connectivity index (χ0n) is 4.78. The van der Waals surface area contributed by atoms with Crippen LogP contribution < -0.4 is 0 Å². The molecule has 0 radical (unpaired) electrons. The van der Waals surface area contributed by atoms with Crippen molar-refractivity contribution in [3.8, 4) is 0 Å². The minimum atomic E-state index is 0.372. The Morgan fingerprint density at radius 3 is 2.29 bits per heavy atom. The van der Waals surface area contributed by atoms with Crippen molar-refractivity contribution in [2.45, 2.75) is 24.6 Å². The molecule has 1 N–H and O–H groups in total. The Morgan fingerprint density at radius 1 is 1.57 bits per heavy atom. The molecule has 0 bridgehead atoms. The Morgan fingerprint density at radius 2 is 2.14 bits per heavy atom. The van der Waals surface area contributed by atoms with Crippen LogP contribution in [0, 0.1) is 0 Å². The molecule has 0 atom stereocenters. The highest BCUT2D eigenvalue weighted by molar-refractivity contribution is 6.17. The van der Waals surface area contributed by atoms with Crippen LogP contribution >= 0.6 is 0 Å². The molecule has 0 aromatic carbocycles. The largest absolute Gasteiger partial charge is 0.396 e. The SMILES string of the molecule is BC1(CCO)CC1. The molecule has 7 heavy (non-hydrogen) atoms. The standard InChI is InChI=1S/C5H11BO/c6-5(1-2-5)3-4-7/h7H,1-4,6H2. The van der Waals surface area contributed by atoms with Crippen molar-refractivity contribution >= 4 is 7.85 Å². The van der Waals surface area contributed by atoms with Crippen molar-refractivity contribution in [1.29, 1.82) is 0 Å². The summed E-state index contributed by atoms with van der Waals surface area (Å²) in [4.78, 5) is 0. The molecule has 0 aliphatic heterocycles. The summed E-state index contributed by atoms with van der Waals surface area (Å²) < 4.78 is 0. The van der Waals surface area contributed by atoms with E-state index >= 15 is 0 Å². The molecule has 0 unspecified atom stereocenters. The van der Waals surface area contributed by atoms with Gasteiger partial charge in [0, 0.05) is 6.61 Å². The molecule has 1 aliphatic rings. The third-order valence-corrected chi connectivity index (χ3v) is 1.82. The fraction of sp³-hybridized carbons (Fsp3) is 1.00. The van der Waals surface area contributed by atoms with Crippen molar-refractivity contribution in [3.05, 3.63) is 0 Å². The van der Waals surface area contributed by atoms with Crippen LogP contribution in [0.25, 0.3) is 0 Å². The van der Waals surface area contributed by atoms with Gasteiger partial charge in [0.05, 0.1) is 0 Å². The van der Waals surface area contributed by atoms with Gasteiger partial charge in [-0.2, -0.15) is 0 Å². The summed E-state index contributed by atoms with van der Waals surface area (Å²) in [5, 5.41) is 8.99. The molecule has 40 valence electrons. The summed E-state index contributed by atoms with van der Waals surface area (Å²) in [7, 11) is 2.23. The monoisotopic (exact) mass is 98.1 g/mol. The highest BCUT2D eigenvalue weighted by Gasteiger charge is 2.35. The van der Waals surface area contributed by atoms with Crippen molar-refractivity contribution < 1.29 is 5.11 Å². The van der Waals surface area contributed by atoms with Crippen LogP contribution in [-0.2, 0) is 0 Å². The first kappa shape index (κ1) is 5.17. The van der Waals surface area contributed by atoms with Crippen LogP contribution in [0.1, 0.15) is 19.3 Å². The van der Waals surface area contributed by atoms with Crippen molar-refractivity contribution in [2.75, 3.05) is 6.61 Å². The van der Waals surface area contributed by atoms with Crippen LogP contribution in [-0.4, -0.2) is 19.6 Å². The highest BCUT2D eigenvalue weighted by Crippen LogP contribution is 2.52. The molecule has 1 nitrogen and oxygen atoms in total. The van der Waals surface area contributed by atoms with Crippen molar-refractivity contribution in [3.63, 3.8) is 0 Å². The average molecular weight is 98.0 g/mol. The summed E-state index contributed by atoms with van der Waals surface area (Å²) >= 11 is 0. The van der Waals surface area contributed by atoms with E-state index in [1.165, 1.54) is 12.8 Å². The first-order valence-electron chi connectivity index (χ1n) is 2.88. The lowest BCUT2D eigenvalue weighted by Crippen LogP contribution is -1.93. The van der Waals surface area contributed by atoms with E-state index in [-0.39, 0.29) is 0 Å². The third-order valence-electron chi connectivity index (χ3n) is 1.82. The molecule has 1 rings (SSSR count). The van der Waals surface area contributed by atoms with Gasteiger partial charge >= 0.3 is 0 Å². The van der Waals surface area contributed by atoms with E-state index < -0.39 is 0 Å². The van der Waals surface area contributed by atoms with Gasteiger partial charge in [-0.3, -0.25) is 0 Å². The Balaban J connectivity index is 2.13. The maximum Gasteiger partial charge on any atom is 0.109 e. The maximum atomic E-state index is 8.44. The summed E-state index contributed by atoms with van der Waals surface area (Å²) in [5.74, 6) is 0. The number of rotatable bonds is 2. The number of hydrogen-bond acceptors (Lipinski definition) is 1. The van der Waals surface area contributed by atoms with Gasteiger partial charge in [-0.15, -0.1) is 0 Å². The Hall–Kier alpha value is 0.0249. The Kier molecular flexibility index (Phi) is 1.12. The Bertz CT molecular complexity index is 68.5. The molecule has 1 saturated carbocycles. The number of aliphatic hydroxyl groups excluding tert-OH is 1. The molecule has 1 fully saturated rings. The van der Waals surface area contributed by atoms with Crippen molar-refractivity contribution in [1.82, 2.24) is 0 Å². The lowest BCUT2D eigenvalue weighted by atomic mass is 9.81. The smallest absolute Gasteiger partial charge is 0.109 e. The first-order chi connectivity index (χ1) is 3.27. The average Bonchev–Trinajstić information content (AvgIpc) is 2.22. The summed E-state index contributed by atoms with van der Waals surface area (Å²) in [6.45, 7) is 0.372. The van der Waals surface area contributed by atoms with E-state index in [0.29, 0.717) is 11.9 Å². The van der Waals surface area contributed by atoms with Gasteiger partial charge in [-0.05, 0) is 6.42 Å². The predicted octanol–water partition coefficient (Wildman–Crippen LogP) is -0.0456. The van der Waals surface area contributed by atoms with E-state index in [2.05, 4.69) is 7.85 Å². The number of aliphatic hydroxyl groups is 1. The molecule has 2 heteroatoms. The van der Waals surface area contributed by atoms with Crippen LogP contribution in [0.4, 0.5) is 0 Å². The minimum absolute atomic E-state index is 0.372. The van der Waals surface area contributed by atoms with Gasteiger partial charge < -0.3 is 5.11 Å². The van der Waals surface area contributed by atoms with E-state index in [4.69, 9.17) is 5.11 Å². The van der Waals surface area contributed by atoms with E-state index in [9.17, 15) is 0 Å². The van der Waals surface area contributed by atoms with Crippen LogP contribution in [0.15, 0.2) is 0 Å². The third kappa shape index (κ3) is 1.20. The first-order valence-corrected chi connectivity index (χ1v) is 2.88. The molecule has 0 saturated heterocycles. The van der Waals surface area contributed by atoms with E-state index in [1.807, 2.05) is 0 Å². The minimum Gasteiger partial charge on any atom is -0.396 e. The van der Waals surface area contributed by atoms with Crippen molar-refractivity contribution in [2.24, 2.45) is 0 Å². The zero-order chi connectivity index (χ0) is 5.33. The van der Waals surface area contributed by atoms with Gasteiger partial charge in [0.15, 0.2) is 0 Å². The molecule has 0 amide bonds. The molecule has 0 spiro atoms. The summed E-state index contributed by atoms with van der Waals surface area (Å²) in [6, 6.07) is 0. The van der Waals surface area contributed by atoms with Gasteiger partial charge in [0.1, 0.15) is 7.85 Å². The summed E-state index contributed by atoms with van der Waals surface area (Å²) in [5.41, 5.74) is 0. The zero-order valence-corrected chi connectivity index (χ0v) is 4.78. The van der Waals surface area contributed by atoms with E-state index in [0.717, 1.165) is 6.42 Å². The molecule has 0 heterocycles. The maximum absolute atomic E-state index is 8.44. The van der Waals surface area contributed by atoms with Crippen LogP contribution in [0.3, 0.4) is 0 Å². The molecular weight excluding hydrogens is 86.9 g/mol. The lowest BCUT2D eigenvalue weighted by Gasteiger charge is -2.00. The fourth-order valence-corrected chi connectivity index (χ4v) is 0.733. The van der Waals surface area contributed by atoms with E-state index in [1.54, 1.807) is 0 Å². The molecule has 0 aromatic rings. The van der Waals surface area contributed by atoms with Crippen LogP contribution in [0.5, 0.6) is 0 Å². The van der Waals surface area contributed by atoms with Gasteiger partial charge in [0.25, 0.3) is 0 Å². The second kappa shape index (κ2) is 1.51. The highest BCUT2D eigenvalue weighted by atomic mass is 16.3. The molecule has 0 aromatic heterocycles. The summed E-state index contributed by atoms with van der Waals surface area (Å²) in [6.07, 6.45) is 3.66. The lowest BCUT2D eigenvalue weighted by molar-refractivity contribution is 0.282. The fourth-order valence-electron chi connectivity index (χ4n) is 0.733. The number of hydrogen-bond donors (Lipinski definition) is 1. The quantitative estimate of drug-likeness (QED) is 0.480. The molecule has 1 aliphatic carbocycles. The predicted molar refractivity (Wildman–Crippen MR) is 32.2 cm³/mol. The Labute approximate surface area is 45.1 Å². The second-order valence-electron chi connectivity index (χ2n) is 2.78. The van der Waals surface area contributed by atoms with Crippen LogP contribution in [0.2, 0.25) is 5.31 Å². The normalized spacial score (nSPS) is 24.7. The molecular formula is C5H11BO. The second-order valence-corrected chi connectivity index (χ2v) is 2.78. The van der Waals surface area contributed by atoms with Gasteiger partial charge in [-0.25, -0.2) is 0 Å².